The summed E-state index contributed by atoms with van der Waals surface area (Å²) >= 11 is 0. The Hall–Kier alpha value is -0.900. The van der Waals surface area contributed by atoms with Crippen LogP contribution < -0.4 is 5.32 Å². The van der Waals surface area contributed by atoms with Gasteiger partial charge in [-0.3, -0.25) is 4.90 Å². The maximum absolute atomic E-state index is 5.83. The predicted octanol–water partition coefficient (Wildman–Crippen LogP) is 2.47. The minimum absolute atomic E-state index is 0.433. The van der Waals surface area contributed by atoms with Crippen molar-refractivity contribution < 1.29 is 4.74 Å². The molecule has 2 saturated heterocycles. The molecule has 0 radical (unpaired) electrons. The zero-order chi connectivity index (χ0) is 13.5. The number of fused-ring (bicyclic) bond motifs is 3. The van der Waals surface area contributed by atoms with Crippen molar-refractivity contribution in [3.8, 4) is 0 Å². The molecule has 3 heterocycles. The lowest BCUT2D eigenvalue weighted by Gasteiger charge is -2.41. The Labute approximate surface area is 121 Å². The third-order valence-corrected chi connectivity index (χ3v) is 5.46. The highest BCUT2D eigenvalue weighted by Crippen LogP contribution is 2.35. The van der Waals surface area contributed by atoms with Crippen molar-refractivity contribution in [2.24, 2.45) is 0 Å². The minimum Gasteiger partial charge on any atom is -0.375 e. The van der Waals surface area contributed by atoms with Crippen LogP contribution in [0.1, 0.15) is 42.9 Å². The monoisotopic (exact) mass is 272 g/mol. The van der Waals surface area contributed by atoms with Gasteiger partial charge in [-0.05, 0) is 43.9 Å². The van der Waals surface area contributed by atoms with Gasteiger partial charge >= 0.3 is 0 Å². The molecule has 3 atom stereocenters. The second-order valence-electron chi connectivity index (χ2n) is 6.66. The molecule has 3 heteroatoms. The Kier molecular flexibility index (Phi) is 3.29. The number of benzene rings is 1. The number of likely N-dealkylation sites (N-methyl/N-ethyl adjacent to an activating group) is 1. The van der Waals surface area contributed by atoms with Crippen LogP contribution in [0.5, 0.6) is 0 Å². The predicted molar refractivity (Wildman–Crippen MR) is 79.6 cm³/mol. The summed E-state index contributed by atoms with van der Waals surface area (Å²) in [6.45, 7) is 1.62. The second-order valence-corrected chi connectivity index (χ2v) is 6.66. The first-order valence-electron chi connectivity index (χ1n) is 7.95. The molecule has 3 nitrogen and oxygen atoms in total. The Morgan fingerprint density at radius 3 is 2.70 bits per heavy atom. The number of hydrogen-bond acceptors (Lipinski definition) is 3. The lowest BCUT2D eigenvalue weighted by Crippen LogP contribution is -2.49. The topological polar surface area (TPSA) is 24.5 Å². The summed E-state index contributed by atoms with van der Waals surface area (Å²) in [6, 6.07) is 11.4. The number of piperidine rings is 1. The molecule has 3 unspecified atom stereocenters. The van der Waals surface area contributed by atoms with Crippen molar-refractivity contribution in [2.45, 2.75) is 56.5 Å². The van der Waals surface area contributed by atoms with E-state index in [-0.39, 0.29) is 0 Å². The number of ether oxygens (including phenoxy) is 1. The van der Waals surface area contributed by atoms with Crippen molar-refractivity contribution in [3.63, 3.8) is 0 Å². The van der Waals surface area contributed by atoms with E-state index in [0.717, 1.165) is 25.3 Å². The standard InChI is InChI=1S/C17H24N2O/c1-19(15-8-13-6-7-14(9-15)18-13)17-11-20-10-12-4-2-3-5-16(12)17/h2-5,13-15,17-18H,6-11H2,1H3. The SMILES string of the molecule is CN(C1CC2CCC(C1)N2)C1COCc2ccccc21. The van der Waals surface area contributed by atoms with Gasteiger partial charge < -0.3 is 10.1 Å². The molecule has 1 N–H and O–H groups in total. The Morgan fingerprint density at radius 1 is 1.15 bits per heavy atom. The van der Waals surface area contributed by atoms with Crippen molar-refractivity contribution >= 4 is 0 Å². The molecule has 0 saturated carbocycles. The van der Waals surface area contributed by atoms with Crippen molar-refractivity contribution in [2.75, 3.05) is 13.7 Å². The fourth-order valence-corrected chi connectivity index (χ4v) is 4.31. The van der Waals surface area contributed by atoms with Gasteiger partial charge in [-0.1, -0.05) is 24.3 Å². The van der Waals surface area contributed by atoms with E-state index in [1.807, 2.05) is 0 Å². The molecule has 0 aliphatic carbocycles. The maximum Gasteiger partial charge on any atom is 0.0721 e. The molecule has 2 fully saturated rings. The van der Waals surface area contributed by atoms with E-state index in [1.165, 1.54) is 36.8 Å². The van der Waals surface area contributed by atoms with Crippen LogP contribution in [-0.2, 0) is 11.3 Å². The van der Waals surface area contributed by atoms with Crippen LogP contribution in [0, 0.1) is 0 Å². The van der Waals surface area contributed by atoms with Gasteiger partial charge in [0.15, 0.2) is 0 Å². The third-order valence-electron chi connectivity index (χ3n) is 5.46. The molecule has 2 bridgehead atoms. The molecule has 1 aromatic rings. The Morgan fingerprint density at radius 2 is 1.90 bits per heavy atom. The van der Waals surface area contributed by atoms with E-state index >= 15 is 0 Å². The van der Waals surface area contributed by atoms with Gasteiger partial charge in [-0.15, -0.1) is 0 Å². The van der Waals surface area contributed by atoms with Crippen LogP contribution in [0.4, 0.5) is 0 Å². The van der Waals surface area contributed by atoms with Crippen LogP contribution in [0.2, 0.25) is 0 Å². The fourth-order valence-electron chi connectivity index (χ4n) is 4.31. The van der Waals surface area contributed by atoms with Gasteiger partial charge in [0, 0.05) is 18.1 Å². The average molecular weight is 272 g/mol. The first-order chi connectivity index (χ1) is 9.81. The summed E-state index contributed by atoms with van der Waals surface area (Å²) in [5.41, 5.74) is 2.85. The Balaban J connectivity index is 1.56. The molecule has 0 amide bonds. The molecule has 0 spiro atoms. The maximum atomic E-state index is 5.83. The molecule has 20 heavy (non-hydrogen) atoms. The van der Waals surface area contributed by atoms with E-state index in [2.05, 4.69) is 41.5 Å². The molecule has 4 rings (SSSR count). The molecule has 0 aromatic heterocycles. The lowest BCUT2D eigenvalue weighted by molar-refractivity contribution is 0.0166. The van der Waals surface area contributed by atoms with Gasteiger partial charge in [0.05, 0.1) is 19.3 Å². The number of rotatable bonds is 2. The number of hydrogen-bond donors (Lipinski definition) is 1. The van der Waals surface area contributed by atoms with E-state index in [9.17, 15) is 0 Å². The summed E-state index contributed by atoms with van der Waals surface area (Å²) in [4.78, 5) is 2.59. The van der Waals surface area contributed by atoms with Crippen molar-refractivity contribution in [1.29, 1.82) is 0 Å². The molecular formula is C17H24N2O. The summed E-state index contributed by atoms with van der Waals surface area (Å²) in [6.07, 6.45) is 5.33. The number of nitrogens with one attached hydrogen (secondary N) is 1. The summed E-state index contributed by atoms with van der Waals surface area (Å²) < 4.78 is 5.83. The average Bonchev–Trinajstić information content (AvgIpc) is 2.84. The zero-order valence-corrected chi connectivity index (χ0v) is 12.2. The molecule has 3 aliphatic rings. The highest BCUT2D eigenvalue weighted by Gasteiger charge is 2.37. The molecular weight excluding hydrogens is 248 g/mol. The van der Waals surface area contributed by atoms with Crippen LogP contribution in [-0.4, -0.2) is 36.7 Å². The zero-order valence-electron chi connectivity index (χ0n) is 12.2. The third kappa shape index (κ3) is 2.18. The van der Waals surface area contributed by atoms with E-state index < -0.39 is 0 Å². The molecule has 3 aliphatic heterocycles. The van der Waals surface area contributed by atoms with Crippen LogP contribution in [0.3, 0.4) is 0 Å². The summed E-state index contributed by atoms with van der Waals surface area (Å²) in [5.74, 6) is 0. The van der Waals surface area contributed by atoms with Gasteiger partial charge in [0.2, 0.25) is 0 Å². The largest absolute Gasteiger partial charge is 0.375 e. The highest BCUT2D eigenvalue weighted by molar-refractivity contribution is 5.31. The molecule has 1 aromatic carbocycles. The smallest absolute Gasteiger partial charge is 0.0721 e. The van der Waals surface area contributed by atoms with Crippen LogP contribution in [0.25, 0.3) is 0 Å². The fraction of sp³-hybridized carbons (Fsp3) is 0.647. The van der Waals surface area contributed by atoms with E-state index in [1.54, 1.807) is 0 Å². The van der Waals surface area contributed by atoms with Crippen molar-refractivity contribution in [1.82, 2.24) is 10.2 Å². The number of nitrogens with zero attached hydrogens (tertiary/aromatic N) is 1. The van der Waals surface area contributed by atoms with E-state index in [4.69, 9.17) is 4.74 Å². The van der Waals surface area contributed by atoms with E-state index in [0.29, 0.717) is 12.1 Å². The van der Waals surface area contributed by atoms with Gasteiger partial charge in [0.25, 0.3) is 0 Å². The summed E-state index contributed by atoms with van der Waals surface area (Å²) in [5, 5.41) is 3.74. The van der Waals surface area contributed by atoms with Gasteiger partial charge in [0.1, 0.15) is 0 Å². The lowest BCUT2D eigenvalue weighted by atomic mass is 9.93. The normalized spacial score (nSPS) is 36.1. The second kappa shape index (κ2) is 5.14. The van der Waals surface area contributed by atoms with Crippen LogP contribution >= 0.6 is 0 Å². The summed E-state index contributed by atoms with van der Waals surface area (Å²) in [7, 11) is 2.30. The Bertz CT molecular complexity index is 478. The highest BCUT2D eigenvalue weighted by atomic mass is 16.5. The van der Waals surface area contributed by atoms with Crippen LogP contribution in [0.15, 0.2) is 24.3 Å². The minimum atomic E-state index is 0.433. The first kappa shape index (κ1) is 12.8. The molecule has 108 valence electrons. The van der Waals surface area contributed by atoms with Gasteiger partial charge in [-0.2, -0.15) is 0 Å². The van der Waals surface area contributed by atoms with Gasteiger partial charge in [-0.25, -0.2) is 0 Å². The van der Waals surface area contributed by atoms with Crippen molar-refractivity contribution in [3.05, 3.63) is 35.4 Å². The quantitative estimate of drug-likeness (QED) is 0.895. The first-order valence-corrected chi connectivity index (χ1v) is 7.95.